The summed E-state index contributed by atoms with van der Waals surface area (Å²) in [5.41, 5.74) is 5.00. The van der Waals surface area contributed by atoms with E-state index in [1.807, 2.05) is 49.4 Å². The Morgan fingerprint density at radius 3 is 2.54 bits per heavy atom. The second-order valence-corrected chi connectivity index (χ2v) is 10.2. The van der Waals surface area contributed by atoms with Crippen LogP contribution in [0.3, 0.4) is 0 Å². The molecule has 1 aliphatic rings. The maximum Gasteiger partial charge on any atom is 0.226 e. The predicted octanol–water partition coefficient (Wildman–Crippen LogP) is 6.34. The van der Waals surface area contributed by atoms with Crippen molar-refractivity contribution in [1.82, 2.24) is 19.8 Å². The summed E-state index contributed by atoms with van der Waals surface area (Å²) in [5, 5.41) is 9.50. The van der Waals surface area contributed by atoms with Crippen LogP contribution in [-0.4, -0.2) is 32.0 Å². The molecule has 1 aliphatic heterocycles. The standard InChI is InChI=1S/C32H29N5OS/c1-22-11-14-25(15-12-22)34-29(38)17-20-37-31(30(35-32(37)39)27-9-4-5-18-33-27)28-10-6-19-36(28)26-16-13-23-7-2-3-8-24(23)21-26/h2-16,18-19,21,30-31H,17,20H2,1H3,(H,34,38)(H,35,39)/t30-,31-/m0/s1. The van der Waals surface area contributed by atoms with E-state index in [-0.39, 0.29) is 18.0 Å². The Balaban J connectivity index is 1.32. The third-order valence-corrected chi connectivity index (χ3v) is 7.56. The summed E-state index contributed by atoms with van der Waals surface area (Å²) in [6.45, 7) is 2.50. The van der Waals surface area contributed by atoms with Crippen molar-refractivity contribution in [2.45, 2.75) is 25.4 Å². The number of aromatic nitrogens is 2. The highest BCUT2D eigenvalue weighted by molar-refractivity contribution is 7.80. The predicted molar refractivity (Wildman–Crippen MR) is 160 cm³/mol. The second kappa shape index (κ2) is 10.7. The van der Waals surface area contributed by atoms with Gasteiger partial charge in [0, 0.05) is 42.4 Å². The topological polar surface area (TPSA) is 62.2 Å². The maximum atomic E-state index is 12.9. The molecular weight excluding hydrogens is 502 g/mol. The van der Waals surface area contributed by atoms with Crippen molar-refractivity contribution < 1.29 is 4.79 Å². The highest BCUT2D eigenvalue weighted by atomic mass is 32.1. The SMILES string of the molecule is Cc1ccc(NC(=O)CCN2C(=S)N[C@@H](c3ccccn3)[C@@H]2c2cccn2-c2ccc3ccccc3c2)cc1. The van der Waals surface area contributed by atoms with E-state index < -0.39 is 0 Å². The van der Waals surface area contributed by atoms with Crippen LogP contribution in [0, 0.1) is 6.92 Å². The minimum Gasteiger partial charge on any atom is -0.352 e. The molecule has 3 aromatic carbocycles. The fourth-order valence-corrected chi connectivity index (χ4v) is 5.58. The fourth-order valence-electron chi connectivity index (χ4n) is 5.25. The maximum absolute atomic E-state index is 12.9. The molecule has 0 bridgehead atoms. The minimum absolute atomic E-state index is 0.0494. The molecule has 2 aromatic heterocycles. The van der Waals surface area contributed by atoms with Gasteiger partial charge in [0.05, 0.1) is 17.8 Å². The molecule has 6 rings (SSSR count). The van der Waals surface area contributed by atoms with Gasteiger partial charge in [-0.25, -0.2) is 0 Å². The Kier molecular flexibility index (Phi) is 6.82. The molecule has 0 saturated carbocycles. The summed E-state index contributed by atoms with van der Waals surface area (Å²) >= 11 is 5.83. The molecule has 6 nitrogen and oxygen atoms in total. The molecule has 7 heteroatoms. The zero-order valence-electron chi connectivity index (χ0n) is 21.6. The molecule has 1 saturated heterocycles. The van der Waals surface area contributed by atoms with Gasteiger partial charge in [-0.2, -0.15) is 0 Å². The highest BCUT2D eigenvalue weighted by Crippen LogP contribution is 2.39. The molecule has 0 spiro atoms. The van der Waals surface area contributed by atoms with Gasteiger partial charge in [0.1, 0.15) is 0 Å². The van der Waals surface area contributed by atoms with Crippen molar-refractivity contribution in [3.63, 3.8) is 0 Å². The molecular formula is C32H29N5OS. The number of rotatable bonds is 7. The van der Waals surface area contributed by atoms with Gasteiger partial charge in [0.15, 0.2) is 5.11 Å². The molecule has 0 unspecified atom stereocenters. The summed E-state index contributed by atoms with van der Waals surface area (Å²) < 4.78 is 2.21. The van der Waals surface area contributed by atoms with Gasteiger partial charge in [-0.15, -0.1) is 0 Å². The normalized spacial score (nSPS) is 16.8. The first-order chi connectivity index (χ1) is 19.1. The van der Waals surface area contributed by atoms with Gasteiger partial charge in [0.2, 0.25) is 5.91 Å². The third-order valence-electron chi connectivity index (χ3n) is 7.21. The lowest BCUT2D eigenvalue weighted by atomic mass is 10.0. The average Bonchev–Trinajstić information content (AvgIpc) is 3.57. The lowest BCUT2D eigenvalue weighted by Crippen LogP contribution is -2.33. The van der Waals surface area contributed by atoms with Crippen LogP contribution in [0.15, 0.2) is 109 Å². The Morgan fingerprint density at radius 2 is 1.74 bits per heavy atom. The van der Waals surface area contributed by atoms with Gasteiger partial charge in [-0.05, 0) is 78.4 Å². The summed E-state index contributed by atoms with van der Waals surface area (Å²) in [4.78, 5) is 19.7. The first kappa shape index (κ1) is 24.8. The van der Waals surface area contributed by atoms with E-state index in [2.05, 4.69) is 85.9 Å². The summed E-state index contributed by atoms with van der Waals surface area (Å²) in [5.74, 6) is -0.0494. The first-order valence-corrected chi connectivity index (χ1v) is 13.5. The van der Waals surface area contributed by atoms with Crippen LogP contribution >= 0.6 is 12.2 Å². The van der Waals surface area contributed by atoms with Crippen LogP contribution in [0.5, 0.6) is 0 Å². The average molecular weight is 532 g/mol. The molecule has 39 heavy (non-hydrogen) atoms. The number of fused-ring (bicyclic) bond motifs is 1. The van der Waals surface area contributed by atoms with Crippen LogP contribution in [0.1, 0.15) is 35.5 Å². The van der Waals surface area contributed by atoms with E-state index >= 15 is 0 Å². The Bertz CT molecular complexity index is 1630. The highest BCUT2D eigenvalue weighted by Gasteiger charge is 2.41. The zero-order chi connectivity index (χ0) is 26.8. The van der Waals surface area contributed by atoms with Crippen molar-refractivity contribution >= 4 is 39.7 Å². The molecule has 194 valence electrons. The van der Waals surface area contributed by atoms with Crippen LogP contribution in [-0.2, 0) is 4.79 Å². The molecule has 2 N–H and O–H groups in total. The summed E-state index contributed by atoms with van der Waals surface area (Å²) in [7, 11) is 0. The second-order valence-electron chi connectivity index (χ2n) is 9.82. The number of hydrogen-bond acceptors (Lipinski definition) is 3. The van der Waals surface area contributed by atoms with E-state index in [9.17, 15) is 4.79 Å². The number of carbonyl (C=O) groups is 1. The van der Waals surface area contributed by atoms with Crippen molar-refractivity contribution in [1.29, 1.82) is 0 Å². The van der Waals surface area contributed by atoms with Gasteiger partial charge in [0.25, 0.3) is 0 Å². The summed E-state index contributed by atoms with van der Waals surface area (Å²) in [6.07, 6.45) is 4.19. The van der Waals surface area contributed by atoms with Gasteiger partial charge in [-0.1, -0.05) is 54.1 Å². The molecule has 1 fully saturated rings. The molecule has 0 radical (unpaired) electrons. The van der Waals surface area contributed by atoms with Crippen LogP contribution in [0.25, 0.3) is 16.5 Å². The molecule has 2 atom stereocenters. The number of aryl methyl sites for hydroxylation is 1. The number of thiocarbonyl (C=S) groups is 1. The van der Waals surface area contributed by atoms with Gasteiger partial charge >= 0.3 is 0 Å². The molecule has 0 aliphatic carbocycles. The first-order valence-electron chi connectivity index (χ1n) is 13.1. The Morgan fingerprint density at radius 1 is 0.949 bits per heavy atom. The quantitative estimate of drug-likeness (QED) is 0.240. The van der Waals surface area contributed by atoms with Gasteiger partial charge in [-0.3, -0.25) is 9.78 Å². The smallest absolute Gasteiger partial charge is 0.226 e. The number of amides is 1. The fraction of sp³-hybridized carbons (Fsp3) is 0.156. The third kappa shape index (κ3) is 5.13. The summed E-state index contributed by atoms with van der Waals surface area (Å²) in [6, 6.07) is 32.5. The van der Waals surface area contributed by atoms with Crippen molar-refractivity contribution in [2.24, 2.45) is 0 Å². The molecule has 3 heterocycles. The molecule has 5 aromatic rings. The van der Waals surface area contributed by atoms with E-state index in [1.54, 1.807) is 6.20 Å². The number of hydrogen-bond donors (Lipinski definition) is 2. The van der Waals surface area contributed by atoms with E-state index in [0.717, 1.165) is 28.3 Å². The number of nitrogens with zero attached hydrogens (tertiary/aromatic N) is 3. The minimum atomic E-state index is -0.159. The van der Waals surface area contributed by atoms with Crippen molar-refractivity contribution in [3.05, 3.63) is 126 Å². The number of pyridine rings is 1. The Labute approximate surface area is 233 Å². The number of benzene rings is 3. The zero-order valence-corrected chi connectivity index (χ0v) is 22.4. The van der Waals surface area contributed by atoms with Crippen molar-refractivity contribution in [2.75, 3.05) is 11.9 Å². The van der Waals surface area contributed by atoms with Gasteiger partial charge < -0.3 is 20.1 Å². The van der Waals surface area contributed by atoms with Crippen molar-refractivity contribution in [3.8, 4) is 5.69 Å². The number of carbonyl (C=O) groups excluding carboxylic acids is 1. The van der Waals surface area contributed by atoms with E-state index in [0.29, 0.717) is 18.1 Å². The van der Waals surface area contributed by atoms with Crippen LogP contribution in [0.2, 0.25) is 0 Å². The number of nitrogens with one attached hydrogen (secondary N) is 2. The Hall–Kier alpha value is -4.49. The van der Waals surface area contributed by atoms with E-state index in [4.69, 9.17) is 12.2 Å². The number of anilines is 1. The lowest BCUT2D eigenvalue weighted by Gasteiger charge is -2.29. The lowest BCUT2D eigenvalue weighted by molar-refractivity contribution is -0.116. The van der Waals surface area contributed by atoms with Crippen LogP contribution < -0.4 is 10.6 Å². The van der Waals surface area contributed by atoms with E-state index in [1.165, 1.54) is 10.8 Å². The van der Waals surface area contributed by atoms with Crippen LogP contribution in [0.4, 0.5) is 5.69 Å². The molecule has 1 amide bonds. The largest absolute Gasteiger partial charge is 0.352 e. The monoisotopic (exact) mass is 531 g/mol.